The number of aliphatic hydroxyl groups excluding tert-OH is 2. The third kappa shape index (κ3) is 8.40. The molecule has 0 aliphatic heterocycles. The first-order valence-corrected chi connectivity index (χ1v) is 11.9. The van der Waals surface area contributed by atoms with Gasteiger partial charge in [0.1, 0.15) is 0 Å². The lowest BCUT2D eigenvalue weighted by Crippen LogP contribution is -2.70. The maximum Gasteiger partial charge on any atom is 0.384 e. The molecule has 0 aromatic heterocycles. The van der Waals surface area contributed by atoms with Gasteiger partial charge < -0.3 is 14.9 Å². The quantitative estimate of drug-likeness (QED) is 0.0682. The molecule has 0 spiro atoms. The maximum absolute atomic E-state index is 14.0. The highest BCUT2D eigenvalue weighted by molar-refractivity contribution is 5.87. The fraction of sp³-hybridized carbons (Fsp3) is 0.870. The molecule has 0 fully saturated rings. The summed E-state index contributed by atoms with van der Waals surface area (Å²) in [6, 6.07) is 0. The summed E-state index contributed by atoms with van der Waals surface area (Å²) in [7, 11) is 0. The summed E-state index contributed by atoms with van der Waals surface area (Å²) in [6.07, 6.45) is -5.95. The summed E-state index contributed by atoms with van der Waals surface area (Å²) in [6.45, 7) is 2.56. The van der Waals surface area contributed by atoms with Crippen molar-refractivity contribution in [1.82, 2.24) is 0 Å². The van der Waals surface area contributed by atoms with Crippen LogP contribution in [0.4, 0.5) is 52.7 Å². The molecule has 0 unspecified atom stereocenters. The largest absolute Gasteiger partial charge is 0.462 e. The molecule has 0 rings (SSSR count). The van der Waals surface area contributed by atoms with Crippen LogP contribution >= 0.6 is 0 Å². The van der Waals surface area contributed by atoms with Gasteiger partial charge in [-0.05, 0) is 19.3 Å². The summed E-state index contributed by atoms with van der Waals surface area (Å²) < 4.78 is 172. The predicted octanol–water partition coefficient (Wildman–Crippen LogP) is 7.03. The van der Waals surface area contributed by atoms with E-state index in [4.69, 9.17) is 10.2 Å². The number of halogens is 12. The van der Waals surface area contributed by atoms with E-state index in [1.807, 2.05) is 0 Å². The molecule has 0 saturated heterocycles. The smallest absolute Gasteiger partial charge is 0.384 e. The van der Waals surface area contributed by atoms with E-state index in [2.05, 4.69) is 11.3 Å². The van der Waals surface area contributed by atoms with Crippen LogP contribution in [0.2, 0.25) is 0 Å². The third-order valence-electron chi connectivity index (χ3n) is 5.90. The van der Waals surface area contributed by atoms with Crippen molar-refractivity contribution in [2.24, 2.45) is 5.92 Å². The van der Waals surface area contributed by atoms with Crippen molar-refractivity contribution in [3.63, 3.8) is 0 Å². The summed E-state index contributed by atoms with van der Waals surface area (Å²) in [5.74, 6) is -43.8. The normalized spacial score (nSPS) is 14.2. The second-order valence-electron chi connectivity index (χ2n) is 9.15. The van der Waals surface area contributed by atoms with Crippen molar-refractivity contribution in [3.8, 4) is 0 Å². The lowest BCUT2D eigenvalue weighted by Gasteiger charge is -2.41. The minimum Gasteiger partial charge on any atom is -0.462 e. The van der Waals surface area contributed by atoms with Crippen LogP contribution in [0.25, 0.3) is 0 Å². The van der Waals surface area contributed by atoms with Gasteiger partial charge in [-0.15, -0.1) is 0 Å². The van der Waals surface area contributed by atoms with Gasteiger partial charge in [0.05, 0.1) is 6.61 Å². The number of hydrogen-bond donors (Lipinski definition) is 2. The number of ether oxygens (including phenoxy) is 1. The summed E-state index contributed by atoms with van der Waals surface area (Å²) in [4.78, 5) is 11.7. The molecule has 0 saturated carbocycles. The van der Waals surface area contributed by atoms with Crippen molar-refractivity contribution in [1.29, 1.82) is 0 Å². The lowest BCUT2D eigenvalue weighted by atomic mass is 9.88. The Labute approximate surface area is 217 Å². The van der Waals surface area contributed by atoms with Gasteiger partial charge in [0.2, 0.25) is 0 Å². The summed E-state index contributed by atoms with van der Waals surface area (Å²) in [5, 5.41) is 17.8. The second-order valence-corrected chi connectivity index (χ2v) is 9.15. The van der Waals surface area contributed by atoms with Gasteiger partial charge in [-0.25, -0.2) is 4.79 Å². The molecular formula is C23H32F12O4. The number of carbonyl (C=O) groups excluding carboxylic acids is 1. The number of aliphatic hydroxyl groups is 2. The van der Waals surface area contributed by atoms with Crippen molar-refractivity contribution < 1.29 is 72.4 Å². The standard InChI is InChI=1S/C23H32F12O4/c1-3-4-5-6-7-9-18(24,25)20(28,29)22(32,33)23(34,35)21(30,31)19(26,27)10-8-11-39-17(38)15(2)12-16(13-36)14-37/h16,36-37H,2-14H2,1H3. The second kappa shape index (κ2) is 14.3. The topological polar surface area (TPSA) is 66.8 Å². The molecule has 39 heavy (non-hydrogen) atoms. The monoisotopic (exact) mass is 600 g/mol. The first-order chi connectivity index (χ1) is 17.6. The van der Waals surface area contributed by atoms with Crippen molar-refractivity contribution in [2.75, 3.05) is 19.8 Å². The number of esters is 1. The number of alkyl halides is 12. The minimum absolute atomic E-state index is 0.183. The zero-order valence-electron chi connectivity index (χ0n) is 21.0. The van der Waals surface area contributed by atoms with E-state index in [1.165, 1.54) is 0 Å². The first-order valence-electron chi connectivity index (χ1n) is 11.9. The van der Waals surface area contributed by atoms with Crippen LogP contribution in [0.5, 0.6) is 0 Å². The first kappa shape index (κ1) is 37.3. The van der Waals surface area contributed by atoms with E-state index in [-0.39, 0.29) is 19.3 Å². The Morgan fingerprint density at radius 2 is 1.10 bits per heavy atom. The molecular weight excluding hydrogens is 568 g/mol. The van der Waals surface area contributed by atoms with Gasteiger partial charge in [0.15, 0.2) is 0 Å². The van der Waals surface area contributed by atoms with Crippen LogP contribution in [0, 0.1) is 5.92 Å². The van der Waals surface area contributed by atoms with Crippen LogP contribution < -0.4 is 0 Å². The molecule has 2 N–H and O–H groups in total. The highest BCUT2D eigenvalue weighted by Gasteiger charge is 2.89. The van der Waals surface area contributed by atoms with E-state index in [0.717, 1.165) is 0 Å². The number of rotatable bonds is 20. The highest BCUT2D eigenvalue weighted by Crippen LogP contribution is 2.61. The Morgan fingerprint density at radius 3 is 1.51 bits per heavy atom. The zero-order chi connectivity index (χ0) is 30.9. The van der Waals surface area contributed by atoms with E-state index >= 15 is 0 Å². The molecule has 0 amide bonds. The average molecular weight is 600 g/mol. The minimum atomic E-state index is -7.63. The van der Waals surface area contributed by atoms with Crippen molar-refractivity contribution >= 4 is 5.97 Å². The lowest BCUT2D eigenvalue weighted by molar-refractivity contribution is -0.425. The Balaban J connectivity index is 5.48. The van der Waals surface area contributed by atoms with Crippen LogP contribution in [-0.2, 0) is 9.53 Å². The highest BCUT2D eigenvalue weighted by atomic mass is 19.4. The van der Waals surface area contributed by atoms with Crippen LogP contribution in [0.1, 0.15) is 64.7 Å². The fourth-order valence-corrected chi connectivity index (χ4v) is 3.30. The van der Waals surface area contributed by atoms with Crippen molar-refractivity contribution in [3.05, 3.63) is 12.2 Å². The van der Waals surface area contributed by atoms with Gasteiger partial charge in [-0.2, -0.15) is 52.7 Å². The Morgan fingerprint density at radius 1 is 0.692 bits per heavy atom. The van der Waals surface area contributed by atoms with E-state index < -0.39 is 98.5 Å². The van der Waals surface area contributed by atoms with E-state index in [0.29, 0.717) is 12.8 Å². The SMILES string of the molecule is C=C(CC(CO)CO)C(=O)OCCCC(F)(F)C(F)(F)C(F)(F)C(F)(F)C(F)(F)C(F)(F)CCCCCCC. The molecule has 0 aliphatic rings. The van der Waals surface area contributed by atoms with Crippen LogP contribution in [-0.4, -0.2) is 71.5 Å². The van der Waals surface area contributed by atoms with Gasteiger partial charge in [-0.1, -0.05) is 39.2 Å². The van der Waals surface area contributed by atoms with E-state index in [1.54, 1.807) is 6.92 Å². The molecule has 0 aromatic carbocycles. The molecule has 0 radical (unpaired) electrons. The van der Waals surface area contributed by atoms with E-state index in [9.17, 15) is 57.5 Å². The molecule has 0 aliphatic carbocycles. The van der Waals surface area contributed by atoms with Crippen LogP contribution in [0.3, 0.4) is 0 Å². The molecule has 4 nitrogen and oxygen atoms in total. The summed E-state index contributed by atoms with van der Waals surface area (Å²) in [5.41, 5.74) is -0.403. The van der Waals surface area contributed by atoms with Crippen molar-refractivity contribution in [2.45, 2.75) is 100 Å². The van der Waals surface area contributed by atoms with Gasteiger partial charge in [0, 0.05) is 37.5 Å². The number of carbonyl (C=O) groups is 1. The Hall–Kier alpha value is -1.71. The third-order valence-corrected chi connectivity index (χ3v) is 5.90. The van der Waals surface area contributed by atoms with Gasteiger partial charge in [0.25, 0.3) is 0 Å². The van der Waals surface area contributed by atoms with Crippen LogP contribution in [0.15, 0.2) is 12.2 Å². The van der Waals surface area contributed by atoms with Gasteiger partial charge >= 0.3 is 41.5 Å². The number of unbranched alkanes of at least 4 members (excludes halogenated alkanes) is 4. The Kier molecular flexibility index (Phi) is 13.6. The Bertz CT molecular complexity index is 783. The molecule has 232 valence electrons. The molecule has 0 aromatic rings. The fourth-order valence-electron chi connectivity index (χ4n) is 3.30. The maximum atomic E-state index is 14.0. The molecule has 0 bridgehead atoms. The average Bonchev–Trinajstić information content (AvgIpc) is 2.83. The summed E-state index contributed by atoms with van der Waals surface area (Å²) >= 11 is 0. The molecule has 0 atom stereocenters. The zero-order valence-corrected chi connectivity index (χ0v) is 21.0. The predicted molar refractivity (Wildman–Crippen MR) is 115 cm³/mol. The molecule has 0 heterocycles. The van der Waals surface area contributed by atoms with Gasteiger partial charge in [-0.3, -0.25) is 0 Å². The number of hydrogen-bond acceptors (Lipinski definition) is 4. The molecule has 16 heteroatoms.